The molecule has 0 radical (unpaired) electrons. The number of rotatable bonds is 5. The number of fused-ring (bicyclic) bond motifs is 1. The van der Waals surface area contributed by atoms with Gasteiger partial charge in [-0.15, -0.1) is 0 Å². The quantitative estimate of drug-likeness (QED) is 0.451. The van der Waals surface area contributed by atoms with Gasteiger partial charge in [-0.05, 0) is 24.6 Å². The summed E-state index contributed by atoms with van der Waals surface area (Å²) >= 11 is 0. The average molecular weight is 261 g/mol. The lowest BCUT2D eigenvalue weighted by Crippen LogP contribution is -2.26. The number of aromatic amines is 1. The molecule has 0 aliphatic carbocycles. The summed E-state index contributed by atoms with van der Waals surface area (Å²) in [6.45, 7) is 0.373. The van der Waals surface area contributed by atoms with Crippen LogP contribution in [0.15, 0.2) is 18.2 Å². The third kappa shape index (κ3) is 3.01. The van der Waals surface area contributed by atoms with E-state index in [1.165, 1.54) is 0 Å². The van der Waals surface area contributed by atoms with Gasteiger partial charge in [-0.3, -0.25) is 14.7 Å². The monoisotopic (exact) mass is 261 g/mol. The van der Waals surface area contributed by atoms with Crippen LogP contribution in [0.3, 0.4) is 0 Å². The SMILES string of the molecule is NC(=O)CCCNC(=O)c1n[nH]c2ccc(N)cc12. The van der Waals surface area contributed by atoms with Gasteiger partial charge in [-0.25, -0.2) is 0 Å². The van der Waals surface area contributed by atoms with Crippen molar-refractivity contribution in [1.29, 1.82) is 0 Å². The first-order valence-electron chi connectivity index (χ1n) is 5.88. The van der Waals surface area contributed by atoms with Gasteiger partial charge in [0.1, 0.15) is 0 Å². The van der Waals surface area contributed by atoms with Gasteiger partial charge in [0.25, 0.3) is 5.91 Å². The van der Waals surface area contributed by atoms with Gasteiger partial charge < -0.3 is 16.8 Å². The van der Waals surface area contributed by atoms with E-state index in [0.717, 1.165) is 5.52 Å². The fourth-order valence-electron chi connectivity index (χ4n) is 1.75. The summed E-state index contributed by atoms with van der Waals surface area (Å²) in [5.41, 5.74) is 12.3. The highest BCUT2D eigenvalue weighted by atomic mass is 16.2. The minimum atomic E-state index is -0.382. The maximum atomic E-state index is 11.9. The van der Waals surface area contributed by atoms with E-state index < -0.39 is 0 Å². The Kier molecular flexibility index (Phi) is 3.65. The molecule has 0 aliphatic heterocycles. The van der Waals surface area contributed by atoms with Crippen molar-refractivity contribution in [2.24, 2.45) is 5.73 Å². The molecule has 0 saturated carbocycles. The molecule has 1 aromatic heterocycles. The van der Waals surface area contributed by atoms with E-state index in [0.29, 0.717) is 29.7 Å². The number of carbonyl (C=O) groups is 2. The maximum absolute atomic E-state index is 11.9. The van der Waals surface area contributed by atoms with Crippen LogP contribution in [0.2, 0.25) is 0 Å². The van der Waals surface area contributed by atoms with Crippen molar-refractivity contribution in [2.75, 3.05) is 12.3 Å². The molecule has 7 heteroatoms. The minimum Gasteiger partial charge on any atom is -0.399 e. The Balaban J connectivity index is 2.05. The van der Waals surface area contributed by atoms with Crippen LogP contribution in [-0.4, -0.2) is 28.6 Å². The van der Waals surface area contributed by atoms with Gasteiger partial charge in [-0.2, -0.15) is 5.10 Å². The predicted molar refractivity (Wildman–Crippen MR) is 71.3 cm³/mol. The van der Waals surface area contributed by atoms with Gasteiger partial charge in [-0.1, -0.05) is 0 Å². The molecule has 2 rings (SSSR count). The molecular weight excluding hydrogens is 246 g/mol. The summed E-state index contributed by atoms with van der Waals surface area (Å²) in [6, 6.07) is 5.19. The molecule has 0 saturated heterocycles. The first kappa shape index (κ1) is 12.9. The molecule has 100 valence electrons. The molecule has 7 nitrogen and oxygen atoms in total. The molecule has 0 atom stereocenters. The fourth-order valence-corrected chi connectivity index (χ4v) is 1.75. The Bertz CT molecular complexity index is 620. The molecule has 0 fully saturated rings. The summed E-state index contributed by atoms with van der Waals surface area (Å²) < 4.78 is 0. The number of nitrogens with two attached hydrogens (primary N) is 2. The number of nitrogen functional groups attached to an aromatic ring is 1. The van der Waals surface area contributed by atoms with Gasteiger partial charge >= 0.3 is 0 Å². The van der Waals surface area contributed by atoms with Gasteiger partial charge in [0.15, 0.2) is 5.69 Å². The standard InChI is InChI=1S/C12H15N5O2/c13-7-3-4-9-8(6-7)11(17-16-9)12(19)15-5-1-2-10(14)18/h3-4,6H,1-2,5,13H2,(H2,14,18)(H,15,19)(H,16,17). The number of amides is 2. The Labute approximate surface area is 109 Å². The molecule has 2 aromatic rings. The summed E-state index contributed by atoms with van der Waals surface area (Å²) in [5.74, 6) is -0.687. The molecule has 0 aliphatic rings. The molecule has 0 bridgehead atoms. The van der Waals surface area contributed by atoms with Crippen molar-refractivity contribution in [2.45, 2.75) is 12.8 Å². The third-order valence-corrected chi connectivity index (χ3v) is 2.69. The number of carbonyl (C=O) groups excluding carboxylic acids is 2. The van der Waals surface area contributed by atoms with Crippen LogP contribution in [-0.2, 0) is 4.79 Å². The average Bonchev–Trinajstić information content (AvgIpc) is 2.77. The van der Waals surface area contributed by atoms with Crippen LogP contribution >= 0.6 is 0 Å². The van der Waals surface area contributed by atoms with Crippen LogP contribution < -0.4 is 16.8 Å². The second kappa shape index (κ2) is 5.38. The number of benzene rings is 1. The summed E-state index contributed by atoms with van der Waals surface area (Å²) in [6.07, 6.45) is 0.750. The number of anilines is 1. The largest absolute Gasteiger partial charge is 0.399 e. The smallest absolute Gasteiger partial charge is 0.272 e. The topological polar surface area (TPSA) is 127 Å². The first-order chi connectivity index (χ1) is 9.08. The van der Waals surface area contributed by atoms with E-state index in [4.69, 9.17) is 11.5 Å². The Morgan fingerprint density at radius 1 is 1.37 bits per heavy atom. The van der Waals surface area contributed by atoms with Gasteiger partial charge in [0.2, 0.25) is 5.91 Å². The minimum absolute atomic E-state index is 0.245. The molecule has 1 heterocycles. The molecule has 6 N–H and O–H groups in total. The van der Waals surface area contributed by atoms with E-state index in [9.17, 15) is 9.59 Å². The van der Waals surface area contributed by atoms with Crippen molar-refractivity contribution in [3.63, 3.8) is 0 Å². The van der Waals surface area contributed by atoms with E-state index in [1.807, 2.05) is 0 Å². The zero-order chi connectivity index (χ0) is 13.8. The number of nitrogens with zero attached hydrogens (tertiary/aromatic N) is 1. The first-order valence-corrected chi connectivity index (χ1v) is 5.88. The lowest BCUT2D eigenvalue weighted by atomic mass is 10.2. The molecule has 0 spiro atoms. The normalized spacial score (nSPS) is 10.5. The van der Waals surface area contributed by atoms with Crippen LogP contribution in [0.25, 0.3) is 10.9 Å². The summed E-state index contributed by atoms with van der Waals surface area (Å²) in [5, 5.41) is 10.1. The zero-order valence-electron chi connectivity index (χ0n) is 10.3. The number of H-pyrrole nitrogens is 1. The molecular formula is C12H15N5O2. The van der Waals surface area contributed by atoms with Crippen LogP contribution in [0.1, 0.15) is 23.3 Å². The van der Waals surface area contributed by atoms with Crippen molar-refractivity contribution in [3.8, 4) is 0 Å². The number of nitrogens with one attached hydrogen (secondary N) is 2. The van der Waals surface area contributed by atoms with E-state index >= 15 is 0 Å². The summed E-state index contributed by atoms with van der Waals surface area (Å²) in [7, 11) is 0. The second-order valence-electron chi connectivity index (χ2n) is 4.20. The van der Waals surface area contributed by atoms with Crippen molar-refractivity contribution in [1.82, 2.24) is 15.5 Å². The molecule has 19 heavy (non-hydrogen) atoms. The highest BCUT2D eigenvalue weighted by Crippen LogP contribution is 2.18. The Morgan fingerprint density at radius 3 is 2.89 bits per heavy atom. The van der Waals surface area contributed by atoms with E-state index in [-0.39, 0.29) is 18.2 Å². The van der Waals surface area contributed by atoms with Crippen LogP contribution in [0, 0.1) is 0 Å². The number of hydrogen-bond donors (Lipinski definition) is 4. The lowest BCUT2D eigenvalue weighted by Gasteiger charge is -2.02. The second-order valence-corrected chi connectivity index (χ2v) is 4.20. The third-order valence-electron chi connectivity index (χ3n) is 2.69. The van der Waals surface area contributed by atoms with Gasteiger partial charge in [0, 0.05) is 24.0 Å². The predicted octanol–water partition coefficient (Wildman–Crippen LogP) is 0.140. The van der Waals surface area contributed by atoms with Crippen molar-refractivity contribution >= 4 is 28.4 Å². The van der Waals surface area contributed by atoms with Crippen LogP contribution in [0.5, 0.6) is 0 Å². The highest BCUT2D eigenvalue weighted by Gasteiger charge is 2.13. The van der Waals surface area contributed by atoms with Gasteiger partial charge in [0.05, 0.1) is 5.52 Å². The molecule has 0 unspecified atom stereocenters. The zero-order valence-corrected chi connectivity index (χ0v) is 10.3. The van der Waals surface area contributed by atoms with Crippen LogP contribution in [0.4, 0.5) is 5.69 Å². The van der Waals surface area contributed by atoms with E-state index in [2.05, 4.69) is 15.5 Å². The highest BCUT2D eigenvalue weighted by molar-refractivity contribution is 6.05. The number of aromatic nitrogens is 2. The molecule has 1 aromatic carbocycles. The number of hydrogen-bond acceptors (Lipinski definition) is 4. The Morgan fingerprint density at radius 2 is 2.16 bits per heavy atom. The summed E-state index contributed by atoms with van der Waals surface area (Å²) in [4.78, 5) is 22.5. The maximum Gasteiger partial charge on any atom is 0.272 e. The fraction of sp³-hybridized carbons (Fsp3) is 0.250. The van der Waals surface area contributed by atoms with Crippen molar-refractivity contribution < 1.29 is 9.59 Å². The van der Waals surface area contributed by atoms with Crippen molar-refractivity contribution in [3.05, 3.63) is 23.9 Å². The van der Waals surface area contributed by atoms with E-state index in [1.54, 1.807) is 18.2 Å². The Hall–Kier alpha value is -2.57. The number of primary amides is 1. The molecule has 2 amide bonds. The lowest BCUT2D eigenvalue weighted by molar-refractivity contribution is -0.118.